The first-order chi connectivity index (χ1) is 6.84. The molecule has 0 spiro atoms. The first-order valence-corrected chi connectivity index (χ1v) is 5.65. The van der Waals surface area contributed by atoms with Gasteiger partial charge in [-0.25, -0.2) is 0 Å². The van der Waals surface area contributed by atoms with E-state index in [1.807, 2.05) is 0 Å². The smallest absolute Gasteiger partial charge is 0.131 e. The fourth-order valence-corrected chi connectivity index (χ4v) is 2.23. The fourth-order valence-electron chi connectivity index (χ4n) is 1.30. The minimum atomic E-state index is 0.159. The minimum Gasteiger partial charge on any atom is -0.375 e. The lowest BCUT2D eigenvalue weighted by atomic mass is 10.2. The molecule has 76 valence electrons. The molecule has 1 heterocycles. The van der Waals surface area contributed by atoms with Crippen molar-refractivity contribution in [2.45, 2.75) is 17.3 Å². The molecule has 3 heteroatoms. The van der Waals surface area contributed by atoms with Crippen LogP contribution in [0, 0.1) is 6.92 Å². The zero-order valence-corrected chi connectivity index (χ0v) is 9.05. The molecule has 1 aromatic rings. The summed E-state index contributed by atoms with van der Waals surface area (Å²) in [7, 11) is 0. The van der Waals surface area contributed by atoms with E-state index in [0.29, 0.717) is 13.2 Å². The predicted octanol–water partition coefficient (Wildman–Crippen LogP) is 2.46. The summed E-state index contributed by atoms with van der Waals surface area (Å²) in [5, 5.41) is 0. The normalized spacial score (nSPS) is 22.2. The fraction of sp³-hybridized carbons (Fsp3) is 0.455. The predicted molar refractivity (Wildman–Crippen MR) is 57.6 cm³/mol. The largest absolute Gasteiger partial charge is 0.375 e. The van der Waals surface area contributed by atoms with Gasteiger partial charge in [-0.3, -0.25) is 0 Å². The van der Waals surface area contributed by atoms with Crippen LogP contribution in [0.3, 0.4) is 0 Å². The lowest BCUT2D eigenvalue weighted by Gasteiger charge is -2.22. The first kappa shape index (κ1) is 10.0. The third-order valence-corrected chi connectivity index (χ3v) is 3.15. The number of rotatable bonds is 2. The number of thioether (sulfide) groups is 1. The molecule has 1 unspecified atom stereocenters. The molecule has 1 aliphatic rings. The highest BCUT2D eigenvalue weighted by Gasteiger charge is 2.14. The Hall–Kier alpha value is -0.510. The SMILES string of the molecule is Cc1ccc(SC2COCCO2)cc1. The van der Waals surface area contributed by atoms with Crippen LogP contribution < -0.4 is 0 Å². The molecule has 1 aromatic carbocycles. The third-order valence-electron chi connectivity index (χ3n) is 2.07. The monoisotopic (exact) mass is 210 g/mol. The molecular weight excluding hydrogens is 196 g/mol. The van der Waals surface area contributed by atoms with Gasteiger partial charge in [-0.15, -0.1) is 0 Å². The van der Waals surface area contributed by atoms with E-state index in [4.69, 9.17) is 9.47 Å². The van der Waals surface area contributed by atoms with Gasteiger partial charge in [0.1, 0.15) is 5.44 Å². The van der Waals surface area contributed by atoms with Crippen molar-refractivity contribution in [2.24, 2.45) is 0 Å². The molecule has 1 fully saturated rings. The number of hydrogen-bond acceptors (Lipinski definition) is 3. The molecule has 0 aromatic heterocycles. The Kier molecular flexibility index (Phi) is 3.45. The Morgan fingerprint density at radius 1 is 1.21 bits per heavy atom. The molecule has 0 N–H and O–H groups in total. The van der Waals surface area contributed by atoms with E-state index in [-0.39, 0.29) is 5.44 Å². The van der Waals surface area contributed by atoms with Crippen molar-refractivity contribution in [3.8, 4) is 0 Å². The van der Waals surface area contributed by atoms with Crippen LogP contribution in [0.4, 0.5) is 0 Å². The van der Waals surface area contributed by atoms with Gasteiger partial charge in [-0.1, -0.05) is 29.5 Å². The maximum absolute atomic E-state index is 5.55. The summed E-state index contributed by atoms with van der Waals surface area (Å²) < 4.78 is 10.9. The van der Waals surface area contributed by atoms with Crippen LogP contribution in [-0.4, -0.2) is 25.3 Å². The summed E-state index contributed by atoms with van der Waals surface area (Å²) in [5.74, 6) is 0. The van der Waals surface area contributed by atoms with Crippen molar-refractivity contribution in [3.63, 3.8) is 0 Å². The second-order valence-electron chi connectivity index (χ2n) is 3.31. The molecule has 1 saturated heterocycles. The lowest BCUT2D eigenvalue weighted by molar-refractivity contribution is -0.0498. The van der Waals surface area contributed by atoms with Crippen molar-refractivity contribution < 1.29 is 9.47 Å². The van der Waals surface area contributed by atoms with Gasteiger partial charge in [0.25, 0.3) is 0 Å². The van der Waals surface area contributed by atoms with Crippen LogP contribution in [0.2, 0.25) is 0 Å². The van der Waals surface area contributed by atoms with Crippen molar-refractivity contribution >= 4 is 11.8 Å². The van der Waals surface area contributed by atoms with E-state index in [2.05, 4.69) is 31.2 Å². The average molecular weight is 210 g/mol. The molecule has 2 rings (SSSR count). The summed E-state index contributed by atoms with van der Waals surface area (Å²) in [6, 6.07) is 8.48. The number of hydrogen-bond donors (Lipinski definition) is 0. The van der Waals surface area contributed by atoms with Crippen LogP contribution in [0.25, 0.3) is 0 Å². The van der Waals surface area contributed by atoms with Gasteiger partial charge >= 0.3 is 0 Å². The Bertz CT molecular complexity index is 278. The molecule has 0 bridgehead atoms. The second kappa shape index (κ2) is 4.82. The Morgan fingerprint density at radius 3 is 2.64 bits per heavy atom. The van der Waals surface area contributed by atoms with Crippen molar-refractivity contribution in [1.29, 1.82) is 0 Å². The molecule has 2 nitrogen and oxygen atoms in total. The van der Waals surface area contributed by atoms with Gasteiger partial charge < -0.3 is 9.47 Å². The molecule has 0 aliphatic carbocycles. The van der Waals surface area contributed by atoms with Gasteiger partial charge in [0.05, 0.1) is 19.8 Å². The van der Waals surface area contributed by atoms with Crippen molar-refractivity contribution in [1.82, 2.24) is 0 Å². The molecule has 0 amide bonds. The molecule has 1 aliphatic heterocycles. The maximum Gasteiger partial charge on any atom is 0.131 e. The van der Waals surface area contributed by atoms with E-state index in [9.17, 15) is 0 Å². The quantitative estimate of drug-likeness (QED) is 0.747. The summed E-state index contributed by atoms with van der Waals surface area (Å²) in [6.07, 6.45) is 0. The molecule has 0 radical (unpaired) electrons. The molecule has 0 saturated carbocycles. The highest BCUT2D eigenvalue weighted by atomic mass is 32.2. The van der Waals surface area contributed by atoms with Crippen LogP contribution >= 0.6 is 11.8 Å². The summed E-state index contributed by atoms with van der Waals surface area (Å²) >= 11 is 1.73. The van der Waals surface area contributed by atoms with Crippen LogP contribution in [0.5, 0.6) is 0 Å². The maximum atomic E-state index is 5.55. The van der Waals surface area contributed by atoms with Crippen LogP contribution in [-0.2, 0) is 9.47 Å². The summed E-state index contributed by atoms with van der Waals surface area (Å²) in [4.78, 5) is 1.24. The summed E-state index contributed by atoms with van der Waals surface area (Å²) in [6.45, 7) is 4.22. The van der Waals surface area contributed by atoms with Gasteiger partial charge in [0.15, 0.2) is 0 Å². The topological polar surface area (TPSA) is 18.5 Å². The Balaban J connectivity index is 1.92. The number of ether oxygens (including phenoxy) is 2. The van der Waals surface area contributed by atoms with Crippen molar-refractivity contribution in [3.05, 3.63) is 29.8 Å². The first-order valence-electron chi connectivity index (χ1n) is 4.77. The van der Waals surface area contributed by atoms with E-state index in [1.54, 1.807) is 11.8 Å². The van der Waals surface area contributed by atoms with Crippen molar-refractivity contribution in [2.75, 3.05) is 19.8 Å². The second-order valence-corrected chi connectivity index (χ2v) is 4.54. The van der Waals surface area contributed by atoms with Gasteiger partial charge in [0.2, 0.25) is 0 Å². The van der Waals surface area contributed by atoms with E-state index in [1.165, 1.54) is 10.5 Å². The zero-order valence-electron chi connectivity index (χ0n) is 8.23. The lowest BCUT2D eigenvalue weighted by Crippen LogP contribution is -2.25. The van der Waals surface area contributed by atoms with Crippen LogP contribution in [0.1, 0.15) is 5.56 Å². The number of aryl methyl sites for hydroxylation is 1. The van der Waals surface area contributed by atoms with Gasteiger partial charge in [-0.2, -0.15) is 0 Å². The Labute approximate surface area is 88.6 Å². The summed E-state index contributed by atoms with van der Waals surface area (Å²) in [5.41, 5.74) is 1.45. The van der Waals surface area contributed by atoms with E-state index in [0.717, 1.165) is 6.61 Å². The van der Waals surface area contributed by atoms with E-state index >= 15 is 0 Å². The molecule has 14 heavy (non-hydrogen) atoms. The van der Waals surface area contributed by atoms with Gasteiger partial charge in [-0.05, 0) is 19.1 Å². The highest BCUT2D eigenvalue weighted by Crippen LogP contribution is 2.25. The zero-order chi connectivity index (χ0) is 9.80. The Morgan fingerprint density at radius 2 is 2.00 bits per heavy atom. The van der Waals surface area contributed by atoms with Gasteiger partial charge in [0, 0.05) is 4.90 Å². The third kappa shape index (κ3) is 2.74. The standard InChI is InChI=1S/C11H14O2S/c1-9-2-4-10(5-3-9)14-11-8-12-6-7-13-11/h2-5,11H,6-8H2,1H3. The van der Waals surface area contributed by atoms with Crippen LogP contribution in [0.15, 0.2) is 29.2 Å². The molecular formula is C11H14O2S. The minimum absolute atomic E-state index is 0.159. The highest BCUT2D eigenvalue weighted by molar-refractivity contribution is 7.99. The average Bonchev–Trinajstić information content (AvgIpc) is 2.23. The van der Waals surface area contributed by atoms with E-state index < -0.39 is 0 Å². The number of benzene rings is 1. The molecule has 1 atom stereocenters.